The van der Waals surface area contributed by atoms with Gasteiger partial charge >= 0.3 is 0 Å². The summed E-state index contributed by atoms with van der Waals surface area (Å²) in [5.41, 5.74) is 2.73. The highest BCUT2D eigenvalue weighted by molar-refractivity contribution is 6.01. The van der Waals surface area contributed by atoms with Crippen molar-refractivity contribution in [3.05, 3.63) is 29.3 Å². The maximum absolute atomic E-state index is 12.8. The van der Waals surface area contributed by atoms with Gasteiger partial charge in [0.25, 0.3) is 5.91 Å². The highest BCUT2D eigenvalue weighted by Gasteiger charge is 2.36. The number of likely N-dealkylation sites (N-methyl/N-ethyl adjacent to an activating group) is 2. The van der Waals surface area contributed by atoms with Crippen LogP contribution in [0, 0.1) is 0 Å². The molecule has 7 nitrogen and oxygen atoms in total. The van der Waals surface area contributed by atoms with Crippen LogP contribution in [-0.4, -0.2) is 74.2 Å². The number of piperazine rings is 1. The largest absolute Gasteiger partial charge is 0.369 e. The summed E-state index contributed by atoms with van der Waals surface area (Å²) in [5, 5.41) is 2.60. The molecule has 1 N–H and O–H groups in total. The van der Waals surface area contributed by atoms with Crippen LogP contribution in [0.1, 0.15) is 28.8 Å². The molecule has 7 heteroatoms. The third kappa shape index (κ3) is 3.58. The van der Waals surface area contributed by atoms with Gasteiger partial charge in [0.15, 0.2) is 0 Å². The Hall–Kier alpha value is -2.41. The lowest BCUT2D eigenvalue weighted by Crippen LogP contribution is -2.46. The van der Waals surface area contributed by atoms with E-state index < -0.39 is 6.04 Å². The summed E-state index contributed by atoms with van der Waals surface area (Å²) in [6.45, 7) is 4.38. The second-order valence-corrected chi connectivity index (χ2v) is 6.94. The molecule has 2 aliphatic rings. The molecule has 1 aromatic rings. The van der Waals surface area contributed by atoms with Gasteiger partial charge < -0.3 is 24.8 Å². The molecule has 0 aromatic heterocycles. The van der Waals surface area contributed by atoms with Crippen LogP contribution in [0.5, 0.6) is 0 Å². The first kappa shape index (κ1) is 18.4. The predicted octanol–water partition coefficient (Wildman–Crippen LogP) is 0.488. The van der Waals surface area contributed by atoms with Crippen molar-refractivity contribution in [2.75, 3.05) is 45.2 Å². The maximum Gasteiger partial charge on any atom is 0.255 e. The van der Waals surface area contributed by atoms with Crippen LogP contribution in [0.25, 0.3) is 0 Å². The van der Waals surface area contributed by atoms with Gasteiger partial charge in [0.2, 0.25) is 5.91 Å². The standard InChI is InChI=1S/C19H26N4O3/c1-20-18(25)17(4-3-11-24)23-13-14-12-15(5-6-16(14)19(23)26)22-9-7-21(2)8-10-22/h5-6,11-12,17H,3-4,7-10,13H2,1-2H3,(H,20,25). The lowest BCUT2D eigenvalue weighted by molar-refractivity contribution is -0.125. The van der Waals surface area contributed by atoms with Gasteiger partial charge in [-0.15, -0.1) is 0 Å². The van der Waals surface area contributed by atoms with Crippen molar-refractivity contribution in [3.63, 3.8) is 0 Å². The Morgan fingerprint density at radius 2 is 2.00 bits per heavy atom. The summed E-state index contributed by atoms with van der Waals surface area (Å²) >= 11 is 0. The molecule has 140 valence electrons. The summed E-state index contributed by atoms with van der Waals surface area (Å²) in [6.07, 6.45) is 1.38. The Morgan fingerprint density at radius 3 is 2.65 bits per heavy atom. The quantitative estimate of drug-likeness (QED) is 0.749. The molecule has 1 saturated heterocycles. The number of benzene rings is 1. The lowest BCUT2D eigenvalue weighted by Gasteiger charge is -2.34. The molecule has 26 heavy (non-hydrogen) atoms. The number of hydrogen-bond donors (Lipinski definition) is 1. The van der Waals surface area contributed by atoms with Crippen LogP contribution < -0.4 is 10.2 Å². The molecule has 1 atom stereocenters. The lowest BCUT2D eigenvalue weighted by atomic mass is 10.1. The molecule has 2 heterocycles. The molecule has 0 spiro atoms. The Kier molecular flexibility index (Phi) is 5.56. The van der Waals surface area contributed by atoms with E-state index in [4.69, 9.17) is 0 Å². The van der Waals surface area contributed by atoms with Gasteiger partial charge in [-0.25, -0.2) is 0 Å². The van der Waals surface area contributed by atoms with Gasteiger partial charge in [0, 0.05) is 57.4 Å². The first-order chi connectivity index (χ1) is 12.5. The van der Waals surface area contributed by atoms with E-state index >= 15 is 0 Å². The molecule has 2 aliphatic heterocycles. The fraction of sp³-hybridized carbons (Fsp3) is 0.526. The number of nitrogens with zero attached hydrogens (tertiary/aromatic N) is 3. The molecular weight excluding hydrogens is 332 g/mol. The second kappa shape index (κ2) is 7.86. The van der Waals surface area contributed by atoms with Crippen LogP contribution in [0.2, 0.25) is 0 Å². The molecule has 0 bridgehead atoms. The zero-order valence-corrected chi connectivity index (χ0v) is 15.4. The van der Waals surface area contributed by atoms with E-state index in [1.807, 2.05) is 12.1 Å². The second-order valence-electron chi connectivity index (χ2n) is 6.94. The Labute approximate surface area is 153 Å². The van der Waals surface area contributed by atoms with Gasteiger partial charge in [-0.05, 0) is 37.2 Å². The van der Waals surface area contributed by atoms with Gasteiger partial charge in [-0.2, -0.15) is 0 Å². The van der Waals surface area contributed by atoms with Crippen molar-refractivity contribution in [2.45, 2.75) is 25.4 Å². The SMILES string of the molecule is CNC(=O)C(CCC=O)N1Cc2cc(N3CCN(C)CC3)ccc2C1=O. The van der Waals surface area contributed by atoms with Crippen molar-refractivity contribution >= 4 is 23.8 Å². The van der Waals surface area contributed by atoms with Crippen molar-refractivity contribution < 1.29 is 14.4 Å². The number of aldehydes is 1. The van der Waals surface area contributed by atoms with E-state index in [2.05, 4.69) is 28.2 Å². The molecule has 0 radical (unpaired) electrons. The first-order valence-electron chi connectivity index (χ1n) is 9.07. The van der Waals surface area contributed by atoms with Crippen LogP contribution in [0.4, 0.5) is 5.69 Å². The number of carbonyl (C=O) groups excluding carboxylic acids is 3. The molecule has 3 rings (SSSR count). The summed E-state index contributed by atoms with van der Waals surface area (Å²) in [7, 11) is 3.67. The van der Waals surface area contributed by atoms with Crippen LogP contribution in [-0.2, 0) is 16.1 Å². The predicted molar refractivity (Wildman–Crippen MR) is 99.2 cm³/mol. The highest BCUT2D eigenvalue weighted by Crippen LogP contribution is 2.30. The van der Waals surface area contributed by atoms with Crippen molar-refractivity contribution in [1.82, 2.24) is 15.1 Å². The average molecular weight is 358 g/mol. The number of hydrogen-bond acceptors (Lipinski definition) is 5. The number of anilines is 1. The maximum atomic E-state index is 12.8. The van der Waals surface area contributed by atoms with E-state index in [1.54, 1.807) is 11.9 Å². The summed E-state index contributed by atoms with van der Waals surface area (Å²) < 4.78 is 0. The summed E-state index contributed by atoms with van der Waals surface area (Å²) in [4.78, 5) is 42.0. The van der Waals surface area contributed by atoms with Crippen LogP contribution >= 0.6 is 0 Å². The van der Waals surface area contributed by atoms with Gasteiger partial charge in [-0.3, -0.25) is 9.59 Å². The fourth-order valence-corrected chi connectivity index (χ4v) is 3.66. The van der Waals surface area contributed by atoms with Crippen LogP contribution in [0.3, 0.4) is 0 Å². The van der Waals surface area contributed by atoms with E-state index in [1.165, 1.54) is 0 Å². The smallest absolute Gasteiger partial charge is 0.255 e. The van der Waals surface area contributed by atoms with Crippen molar-refractivity contribution in [2.24, 2.45) is 0 Å². The molecule has 2 amide bonds. The number of amides is 2. The Balaban J connectivity index is 1.79. The van der Waals surface area contributed by atoms with Crippen LogP contribution in [0.15, 0.2) is 18.2 Å². The molecule has 1 aromatic carbocycles. The molecule has 1 unspecified atom stereocenters. The zero-order chi connectivity index (χ0) is 18.7. The number of nitrogens with one attached hydrogen (secondary N) is 1. The summed E-state index contributed by atoms with van der Waals surface area (Å²) in [6, 6.07) is 5.31. The minimum Gasteiger partial charge on any atom is -0.369 e. The van der Waals surface area contributed by atoms with Gasteiger partial charge in [-0.1, -0.05) is 0 Å². The third-order valence-electron chi connectivity index (χ3n) is 5.27. The highest BCUT2D eigenvalue weighted by atomic mass is 16.2. The zero-order valence-electron chi connectivity index (χ0n) is 15.4. The number of carbonyl (C=O) groups is 3. The summed E-state index contributed by atoms with van der Waals surface area (Å²) in [5.74, 6) is -0.364. The normalized spacial score (nSPS) is 18.6. The van der Waals surface area contributed by atoms with E-state index in [9.17, 15) is 14.4 Å². The first-order valence-corrected chi connectivity index (χ1v) is 9.07. The fourth-order valence-electron chi connectivity index (χ4n) is 3.66. The monoisotopic (exact) mass is 358 g/mol. The van der Waals surface area contributed by atoms with Crippen molar-refractivity contribution in [3.8, 4) is 0 Å². The molecule has 0 saturated carbocycles. The van der Waals surface area contributed by atoms with E-state index in [0.29, 0.717) is 18.5 Å². The minimum atomic E-state index is -0.614. The van der Waals surface area contributed by atoms with E-state index in [-0.39, 0.29) is 18.2 Å². The Morgan fingerprint density at radius 1 is 1.27 bits per heavy atom. The number of rotatable bonds is 6. The molecule has 1 fully saturated rings. The molecular formula is C19H26N4O3. The number of fused-ring (bicyclic) bond motifs is 1. The van der Waals surface area contributed by atoms with Crippen molar-refractivity contribution in [1.29, 1.82) is 0 Å². The average Bonchev–Trinajstić information content (AvgIpc) is 2.98. The topological polar surface area (TPSA) is 73.0 Å². The van der Waals surface area contributed by atoms with Gasteiger partial charge in [0.1, 0.15) is 12.3 Å². The van der Waals surface area contributed by atoms with E-state index in [0.717, 1.165) is 43.7 Å². The third-order valence-corrected chi connectivity index (χ3v) is 5.27. The van der Waals surface area contributed by atoms with Gasteiger partial charge in [0.05, 0.1) is 0 Å². The Bertz CT molecular complexity index is 698. The molecule has 0 aliphatic carbocycles. The minimum absolute atomic E-state index is 0.135.